The molecule has 0 aromatic rings. The van der Waals surface area contributed by atoms with Crippen molar-refractivity contribution in [3.63, 3.8) is 0 Å². The fraction of sp³-hybridized carbons (Fsp3) is 0.474. The molecule has 0 atom stereocenters. The summed E-state index contributed by atoms with van der Waals surface area (Å²) >= 11 is 0. The summed E-state index contributed by atoms with van der Waals surface area (Å²) in [7, 11) is 0. The quantitative estimate of drug-likeness (QED) is 0.366. The third-order valence-corrected chi connectivity index (χ3v) is 1.15. The number of rotatable bonds is 3. The summed E-state index contributed by atoms with van der Waals surface area (Å²) in [5.41, 5.74) is 1.95. The maximum Gasteiger partial charge on any atom is -0.0265 e. The highest BCUT2D eigenvalue weighted by molar-refractivity contribution is 5.41. The Kier molecular flexibility index (Phi) is 70.5. The minimum Gasteiger partial charge on any atom is -0.106 e. The van der Waals surface area contributed by atoms with Gasteiger partial charge in [0.25, 0.3) is 0 Å². The first-order valence-electron chi connectivity index (χ1n) is 7.27. The molecule has 19 heavy (non-hydrogen) atoms. The van der Waals surface area contributed by atoms with E-state index in [1.165, 1.54) is 6.42 Å². The molecule has 0 heterocycles. The molecule has 0 bridgehead atoms. The lowest BCUT2D eigenvalue weighted by molar-refractivity contribution is 1.09. The van der Waals surface area contributed by atoms with E-state index < -0.39 is 0 Å². The maximum absolute atomic E-state index is 3.83. The van der Waals surface area contributed by atoms with Crippen molar-refractivity contribution in [2.24, 2.45) is 0 Å². The molecule has 0 aromatic heterocycles. The van der Waals surface area contributed by atoms with Crippen molar-refractivity contribution in [3.05, 3.63) is 61.8 Å². The third kappa shape index (κ3) is 47.7. The van der Waals surface area contributed by atoms with Crippen molar-refractivity contribution in [3.8, 4) is 0 Å². The molecule has 0 aromatic carbocycles. The van der Waals surface area contributed by atoms with Crippen LogP contribution in [0.2, 0.25) is 0 Å². The van der Waals surface area contributed by atoms with Gasteiger partial charge in [-0.1, -0.05) is 85.4 Å². The molecule has 0 nitrogen and oxygen atoms in total. The molecule has 0 radical (unpaired) electrons. The maximum atomic E-state index is 3.83. The smallest absolute Gasteiger partial charge is 0.0265 e. The van der Waals surface area contributed by atoms with E-state index in [1.807, 2.05) is 65.8 Å². The summed E-state index contributed by atoms with van der Waals surface area (Å²) in [6.07, 6.45) is 9.05. The molecule has 0 heteroatoms. The molecule has 0 N–H and O–H groups in total. The Labute approximate surface area is 124 Å². The molecule has 0 unspecified atom stereocenters. The van der Waals surface area contributed by atoms with Crippen LogP contribution in [-0.4, -0.2) is 0 Å². The number of hydrogen-bond acceptors (Lipinski definition) is 0. The van der Waals surface area contributed by atoms with E-state index in [0.717, 1.165) is 11.1 Å². The zero-order valence-corrected chi connectivity index (χ0v) is 14.8. The van der Waals surface area contributed by atoms with Crippen molar-refractivity contribution in [2.45, 2.75) is 61.8 Å². The fourth-order valence-corrected chi connectivity index (χ4v) is 0.616. The van der Waals surface area contributed by atoms with Crippen LogP contribution in [0.4, 0.5) is 0 Å². The summed E-state index contributed by atoms with van der Waals surface area (Å²) in [6, 6.07) is 0. The summed E-state index contributed by atoms with van der Waals surface area (Å²) < 4.78 is 0. The zero-order chi connectivity index (χ0) is 16.7. The van der Waals surface area contributed by atoms with E-state index in [0.29, 0.717) is 0 Å². The van der Waals surface area contributed by atoms with Gasteiger partial charge < -0.3 is 0 Å². The van der Waals surface area contributed by atoms with Crippen molar-refractivity contribution in [2.75, 3.05) is 0 Å². The molecule has 0 aliphatic carbocycles. The fourth-order valence-electron chi connectivity index (χ4n) is 0.616. The SMILES string of the molecule is C=C.C=C(/C=C\C)C(=C)/C=C\C.CC.CC.CCC. The van der Waals surface area contributed by atoms with Gasteiger partial charge in [-0.05, 0) is 25.0 Å². The minimum atomic E-state index is 0.973. The van der Waals surface area contributed by atoms with Gasteiger partial charge in [0, 0.05) is 0 Å². The summed E-state index contributed by atoms with van der Waals surface area (Å²) in [4.78, 5) is 0. The van der Waals surface area contributed by atoms with Gasteiger partial charge in [-0.15, -0.1) is 13.2 Å². The molecule has 0 fully saturated rings. The van der Waals surface area contributed by atoms with Crippen LogP contribution in [-0.2, 0) is 0 Å². The Balaban J connectivity index is -0.0000000607. The van der Waals surface area contributed by atoms with Gasteiger partial charge in [0.2, 0.25) is 0 Å². The highest BCUT2D eigenvalue weighted by atomic mass is 13.9. The molecule has 0 spiro atoms. The molecule has 0 aliphatic rings. The Morgan fingerprint density at radius 3 is 1.00 bits per heavy atom. The molecule has 114 valence electrons. The van der Waals surface area contributed by atoms with Crippen molar-refractivity contribution in [1.29, 1.82) is 0 Å². The van der Waals surface area contributed by atoms with E-state index in [4.69, 9.17) is 0 Å². The Bertz CT molecular complexity index is 182. The van der Waals surface area contributed by atoms with Crippen LogP contribution >= 0.6 is 0 Å². The second kappa shape index (κ2) is 43.7. The molecule has 0 rings (SSSR count). The second-order valence-electron chi connectivity index (χ2n) is 2.76. The summed E-state index contributed by atoms with van der Waals surface area (Å²) in [6.45, 7) is 29.8. The first-order chi connectivity index (χ1) is 9.13. The number of allylic oxidation sites excluding steroid dienone is 6. The van der Waals surface area contributed by atoms with E-state index in [-0.39, 0.29) is 0 Å². The summed E-state index contributed by atoms with van der Waals surface area (Å²) in [5, 5.41) is 0. The van der Waals surface area contributed by atoms with Gasteiger partial charge in [0.15, 0.2) is 0 Å². The lowest BCUT2D eigenvalue weighted by Gasteiger charge is -1.95. The van der Waals surface area contributed by atoms with Crippen LogP contribution in [0.5, 0.6) is 0 Å². The lowest BCUT2D eigenvalue weighted by Crippen LogP contribution is -1.75. The molecule has 0 saturated heterocycles. The first-order valence-corrected chi connectivity index (χ1v) is 7.27. The van der Waals surface area contributed by atoms with Crippen molar-refractivity contribution < 1.29 is 0 Å². The van der Waals surface area contributed by atoms with Crippen LogP contribution in [0, 0.1) is 0 Å². The zero-order valence-electron chi connectivity index (χ0n) is 14.8. The summed E-state index contributed by atoms with van der Waals surface area (Å²) in [5.74, 6) is 0. The van der Waals surface area contributed by atoms with Crippen LogP contribution in [0.3, 0.4) is 0 Å². The van der Waals surface area contributed by atoms with Crippen LogP contribution in [0.25, 0.3) is 0 Å². The van der Waals surface area contributed by atoms with Crippen LogP contribution in [0.1, 0.15) is 61.8 Å². The van der Waals surface area contributed by atoms with Gasteiger partial charge in [-0.25, -0.2) is 0 Å². The molecular formula is C19H38. The average molecular weight is 267 g/mol. The van der Waals surface area contributed by atoms with Crippen molar-refractivity contribution >= 4 is 0 Å². The lowest BCUT2D eigenvalue weighted by atomic mass is 10.1. The minimum absolute atomic E-state index is 0.973. The largest absolute Gasteiger partial charge is 0.106 e. The predicted molar refractivity (Wildman–Crippen MR) is 97.8 cm³/mol. The Hall–Kier alpha value is -1.30. The second-order valence-corrected chi connectivity index (χ2v) is 2.76. The highest BCUT2D eigenvalue weighted by Crippen LogP contribution is 2.07. The van der Waals surface area contributed by atoms with E-state index in [2.05, 4.69) is 40.2 Å². The Morgan fingerprint density at radius 2 is 0.895 bits per heavy atom. The van der Waals surface area contributed by atoms with Gasteiger partial charge in [0.1, 0.15) is 0 Å². The van der Waals surface area contributed by atoms with Gasteiger partial charge >= 0.3 is 0 Å². The predicted octanol–water partition coefficient (Wildman–Crippen LogP) is 7.52. The normalized spacial score (nSPS) is 7.58. The standard InChI is InChI=1S/C10H14.C3H8.2C2H6.C2H4/c1-5-7-9(3)10(4)8-6-2;1-3-2;3*1-2/h5-8H,3-4H2,1-2H3;3H2,1-2H3;2*1-2H3;1-2H2/b7-5-,8-6-;;;;. The van der Waals surface area contributed by atoms with Gasteiger partial charge in [-0.3, -0.25) is 0 Å². The highest BCUT2D eigenvalue weighted by Gasteiger charge is 1.87. The molecule has 0 amide bonds. The van der Waals surface area contributed by atoms with E-state index >= 15 is 0 Å². The van der Waals surface area contributed by atoms with Gasteiger partial charge in [-0.2, -0.15) is 0 Å². The topological polar surface area (TPSA) is 0 Å². The Morgan fingerprint density at radius 1 is 0.737 bits per heavy atom. The van der Waals surface area contributed by atoms with E-state index in [1.54, 1.807) is 0 Å². The average Bonchev–Trinajstić information content (AvgIpc) is 2.47. The third-order valence-electron chi connectivity index (χ3n) is 1.15. The van der Waals surface area contributed by atoms with Crippen LogP contribution < -0.4 is 0 Å². The van der Waals surface area contributed by atoms with Crippen molar-refractivity contribution in [1.82, 2.24) is 0 Å². The molecule has 0 saturated carbocycles. The first kappa shape index (κ1) is 30.6. The van der Waals surface area contributed by atoms with E-state index in [9.17, 15) is 0 Å². The monoisotopic (exact) mass is 266 g/mol. The molecule has 0 aliphatic heterocycles. The number of hydrogen-bond donors (Lipinski definition) is 0. The van der Waals surface area contributed by atoms with Crippen LogP contribution in [0.15, 0.2) is 61.8 Å². The molecular weight excluding hydrogens is 228 g/mol. The van der Waals surface area contributed by atoms with Gasteiger partial charge in [0.05, 0.1) is 0 Å².